The van der Waals surface area contributed by atoms with Crippen LogP contribution in [-0.4, -0.2) is 51.6 Å². The lowest BCUT2D eigenvalue weighted by atomic mass is 9.89. The van der Waals surface area contributed by atoms with Crippen molar-refractivity contribution >= 4 is 11.8 Å². The van der Waals surface area contributed by atoms with E-state index >= 15 is 4.39 Å². The fraction of sp³-hybridized carbons (Fsp3) is 0.241. The van der Waals surface area contributed by atoms with Crippen LogP contribution in [0, 0.1) is 18.2 Å². The molecule has 4 rings (SSSR count). The number of amidine groups is 1. The Morgan fingerprint density at radius 2 is 1.77 bits per heavy atom. The molecule has 1 aromatic heterocycles. The number of alkyl halides is 3. The second-order valence-corrected chi connectivity index (χ2v) is 9.17. The third-order valence-electron chi connectivity index (χ3n) is 6.11. The number of hydrogen-bond acceptors (Lipinski definition) is 6. The van der Waals surface area contributed by atoms with Crippen LogP contribution in [0.4, 0.5) is 17.6 Å². The maximum absolute atomic E-state index is 15.7. The number of carboxylic acid groups (broad SMARTS) is 1. The minimum absolute atomic E-state index is 0.0379. The molecule has 0 aliphatic carbocycles. The molecule has 10 nitrogen and oxygen atoms in total. The summed E-state index contributed by atoms with van der Waals surface area (Å²) in [6.07, 6.45) is -4.75. The Labute approximate surface area is 243 Å². The normalized spacial score (nSPS) is 11.7. The number of rotatable bonds is 9. The van der Waals surface area contributed by atoms with E-state index in [1.165, 1.54) is 11.8 Å². The fourth-order valence-corrected chi connectivity index (χ4v) is 4.15. The van der Waals surface area contributed by atoms with Crippen LogP contribution < -0.4 is 20.9 Å². The smallest absolute Gasteiger partial charge is 0.490 e. The van der Waals surface area contributed by atoms with Gasteiger partial charge in [0, 0.05) is 11.1 Å². The number of nitrogens with zero attached hydrogens (tertiary/aromatic N) is 2. The molecule has 0 fully saturated rings. The van der Waals surface area contributed by atoms with E-state index in [2.05, 4.69) is 10.1 Å². The number of aromatic nitrogens is 3. The quantitative estimate of drug-likeness (QED) is 0.123. The van der Waals surface area contributed by atoms with Crippen LogP contribution in [0.3, 0.4) is 0 Å². The molecule has 5 N–H and O–H groups in total. The molecule has 1 heterocycles. The van der Waals surface area contributed by atoms with Crippen molar-refractivity contribution in [3.8, 4) is 17.2 Å². The van der Waals surface area contributed by atoms with Crippen LogP contribution in [0.25, 0.3) is 5.69 Å². The van der Waals surface area contributed by atoms with Crippen molar-refractivity contribution in [2.75, 3.05) is 13.7 Å². The van der Waals surface area contributed by atoms with Crippen LogP contribution in [0.15, 0.2) is 65.5 Å². The molecular weight excluding hydrogens is 574 g/mol. The molecule has 1 unspecified atom stereocenters. The number of aliphatic carboxylic acids is 1. The van der Waals surface area contributed by atoms with Gasteiger partial charge < -0.3 is 20.3 Å². The third kappa shape index (κ3) is 7.99. The Morgan fingerprint density at radius 3 is 2.33 bits per heavy atom. The molecule has 43 heavy (non-hydrogen) atoms. The Bertz CT molecular complexity index is 1650. The number of ether oxygens (including phenoxy) is 2. The number of benzene rings is 3. The lowest BCUT2D eigenvalue weighted by molar-refractivity contribution is -0.192. The van der Waals surface area contributed by atoms with E-state index in [1.807, 2.05) is 19.1 Å². The van der Waals surface area contributed by atoms with Gasteiger partial charge in [0.1, 0.15) is 23.1 Å². The first-order chi connectivity index (χ1) is 20.3. The van der Waals surface area contributed by atoms with Crippen LogP contribution in [-0.2, 0) is 11.2 Å². The molecule has 0 saturated carbocycles. The van der Waals surface area contributed by atoms with E-state index in [0.29, 0.717) is 41.4 Å². The zero-order chi connectivity index (χ0) is 31.9. The summed E-state index contributed by atoms with van der Waals surface area (Å²) in [7, 11) is 1.52. The molecule has 0 bridgehead atoms. The highest BCUT2D eigenvalue weighted by atomic mass is 19.4. The summed E-state index contributed by atoms with van der Waals surface area (Å²) in [6, 6.07) is 17.6. The average molecular weight is 604 g/mol. The van der Waals surface area contributed by atoms with Gasteiger partial charge in [-0.15, -0.1) is 5.10 Å². The largest absolute Gasteiger partial charge is 0.494 e. The van der Waals surface area contributed by atoms with Gasteiger partial charge in [-0.1, -0.05) is 42.5 Å². The van der Waals surface area contributed by atoms with Gasteiger partial charge in [-0.05, 0) is 49.6 Å². The molecule has 0 aliphatic heterocycles. The summed E-state index contributed by atoms with van der Waals surface area (Å²) in [5, 5.41) is 19.3. The summed E-state index contributed by atoms with van der Waals surface area (Å²) >= 11 is 0. The zero-order valence-corrected chi connectivity index (χ0v) is 23.3. The monoisotopic (exact) mass is 603 g/mol. The van der Waals surface area contributed by atoms with E-state index in [-0.39, 0.29) is 11.6 Å². The van der Waals surface area contributed by atoms with Gasteiger partial charge in [-0.3, -0.25) is 10.4 Å². The first-order valence-corrected chi connectivity index (χ1v) is 12.8. The number of para-hydroxylation sites is 2. The van der Waals surface area contributed by atoms with Crippen molar-refractivity contribution in [1.29, 1.82) is 5.41 Å². The Balaban J connectivity index is 0.000000646. The van der Waals surface area contributed by atoms with Gasteiger partial charge >= 0.3 is 17.8 Å². The molecule has 0 spiro atoms. The number of nitrogens with one attached hydrogen (secondary N) is 2. The second-order valence-electron chi connectivity index (χ2n) is 9.17. The number of H-pyrrole nitrogens is 1. The highest BCUT2D eigenvalue weighted by Crippen LogP contribution is 2.34. The molecular formula is C29H29F4N5O5. The van der Waals surface area contributed by atoms with Gasteiger partial charge in [0.05, 0.1) is 19.6 Å². The summed E-state index contributed by atoms with van der Waals surface area (Å²) in [5.74, 6) is -2.99. The van der Waals surface area contributed by atoms with Gasteiger partial charge in [0.15, 0.2) is 11.6 Å². The summed E-state index contributed by atoms with van der Waals surface area (Å²) < 4.78 is 59.6. The Kier molecular flexibility index (Phi) is 10.3. The number of aryl methyl sites for hydroxylation is 1. The number of hydrogen-bond donors (Lipinski definition) is 4. The van der Waals surface area contributed by atoms with Crippen molar-refractivity contribution < 1.29 is 36.9 Å². The van der Waals surface area contributed by atoms with Gasteiger partial charge in [0.25, 0.3) is 0 Å². The molecule has 4 aromatic rings. The topological polar surface area (TPSA) is 156 Å². The van der Waals surface area contributed by atoms with Crippen molar-refractivity contribution in [1.82, 2.24) is 14.8 Å². The summed E-state index contributed by atoms with van der Waals surface area (Å²) in [4.78, 5) is 24.7. The van der Waals surface area contributed by atoms with Crippen molar-refractivity contribution in [3.05, 3.63) is 105 Å². The van der Waals surface area contributed by atoms with Gasteiger partial charge in [-0.25, -0.2) is 14.0 Å². The van der Waals surface area contributed by atoms with E-state index < -0.39 is 29.6 Å². The molecule has 14 heteroatoms. The van der Waals surface area contributed by atoms with Gasteiger partial charge in [0.2, 0.25) is 0 Å². The number of nitrogens with two attached hydrogens (primary N) is 1. The van der Waals surface area contributed by atoms with E-state index in [4.69, 9.17) is 30.5 Å². The number of carboxylic acids is 1. The van der Waals surface area contributed by atoms with Crippen molar-refractivity contribution in [2.45, 2.75) is 32.4 Å². The second kappa shape index (κ2) is 13.7. The number of methoxy groups -OCH3 is 1. The lowest BCUT2D eigenvalue weighted by Gasteiger charge is -2.19. The maximum Gasteiger partial charge on any atom is 0.490 e. The van der Waals surface area contributed by atoms with Crippen LogP contribution >= 0.6 is 0 Å². The van der Waals surface area contributed by atoms with Crippen LogP contribution in [0.5, 0.6) is 11.5 Å². The number of carbonyl (C=O) groups is 1. The molecule has 0 amide bonds. The minimum Gasteiger partial charge on any atom is -0.494 e. The first kappa shape index (κ1) is 32.4. The third-order valence-corrected chi connectivity index (χ3v) is 6.11. The summed E-state index contributed by atoms with van der Waals surface area (Å²) in [5.41, 5.74) is 8.21. The van der Waals surface area contributed by atoms with Crippen molar-refractivity contribution in [2.24, 2.45) is 5.73 Å². The molecule has 0 radical (unpaired) electrons. The predicted molar refractivity (Wildman–Crippen MR) is 150 cm³/mol. The molecule has 0 saturated heterocycles. The highest BCUT2D eigenvalue weighted by Gasteiger charge is 2.38. The number of nitrogen functional groups attached to an aromatic ring is 1. The van der Waals surface area contributed by atoms with E-state index in [1.54, 1.807) is 55.5 Å². The van der Waals surface area contributed by atoms with Crippen LogP contribution in [0.1, 0.15) is 40.9 Å². The standard InChI is InChI=1S/C27H28FN5O3.C2HF3O2/c1-4-36-23-14-16(2)13-19(24(23)28)20(15-17-9-11-18(12-10-17)25(29)30)26-31-27(34)33(32-26)21-7-5-6-8-22(21)35-3;3-2(4,5)1(6)7/h5-14,20H,4,15H2,1-3H3,(H3,29,30)(H,31,32,34);(H,6,7). The van der Waals surface area contributed by atoms with Gasteiger partial charge in [-0.2, -0.15) is 17.9 Å². The Morgan fingerprint density at radius 1 is 1.14 bits per heavy atom. The molecule has 1 atom stereocenters. The fourth-order valence-electron chi connectivity index (χ4n) is 4.15. The predicted octanol–water partition coefficient (Wildman–Crippen LogP) is 4.71. The number of halogens is 4. The highest BCUT2D eigenvalue weighted by molar-refractivity contribution is 5.94. The summed E-state index contributed by atoms with van der Waals surface area (Å²) in [6.45, 7) is 3.97. The average Bonchev–Trinajstić information content (AvgIpc) is 3.34. The molecule has 0 aliphatic rings. The minimum atomic E-state index is -5.08. The molecule has 3 aromatic carbocycles. The van der Waals surface area contributed by atoms with Crippen molar-refractivity contribution in [3.63, 3.8) is 0 Å². The van der Waals surface area contributed by atoms with E-state index in [0.717, 1.165) is 11.1 Å². The lowest BCUT2D eigenvalue weighted by Crippen LogP contribution is -2.21. The zero-order valence-electron chi connectivity index (χ0n) is 23.3. The maximum atomic E-state index is 15.7. The molecule has 228 valence electrons. The SMILES string of the molecule is CCOc1cc(C)cc(C(Cc2ccc(C(=N)N)cc2)c2nn(-c3ccccc3OC)c(=O)[nH]2)c1F.O=C(O)C(F)(F)F. The number of aromatic amines is 1. The van der Waals surface area contributed by atoms with E-state index in [9.17, 15) is 18.0 Å². The first-order valence-electron chi connectivity index (χ1n) is 12.8. The Hall–Kier alpha value is -5.14. The van der Waals surface area contributed by atoms with Crippen LogP contribution in [0.2, 0.25) is 0 Å².